The second-order valence-electron chi connectivity index (χ2n) is 7.01. The fourth-order valence-corrected chi connectivity index (χ4v) is 3.64. The average Bonchev–Trinajstić information content (AvgIpc) is 2.75. The zero-order valence-corrected chi connectivity index (χ0v) is 17.8. The fraction of sp³-hybridized carbons (Fsp3) is 0.381. The Kier molecular flexibility index (Phi) is 7.12. The normalized spacial score (nSPS) is 15.5. The van der Waals surface area contributed by atoms with Crippen LogP contribution in [0.2, 0.25) is 5.02 Å². The number of nitrogens with zero attached hydrogens (tertiary/aromatic N) is 3. The Morgan fingerprint density at radius 3 is 2.60 bits per heavy atom. The molecule has 0 saturated carbocycles. The van der Waals surface area contributed by atoms with Crippen LogP contribution >= 0.6 is 11.6 Å². The number of para-hydroxylation sites is 2. The molecular formula is C21H25ClN4O4. The third-order valence-electron chi connectivity index (χ3n) is 5.17. The van der Waals surface area contributed by atoms with Gasteiger partial charge in [0.05, 0.1) is 34.0 Å². The maximum absolute atomic E-state index is 12.7. The molecule has 9 heteroatoms. The van der Waals surface area contributed by atoms with E-state index in [9.17, 15) is 14.9 Å². The van der Waals surface area contributed by atoms with Crippen LogP contribution in [0.25, 0.3) is 0 Å². The van der Waals surface area contributed by atoms with E-state index in [1.165, 1.54) is 18.2 Å². The monoisotopic (exact) mass is 432 g/mol. The molecule has 1 unspecified atom stereocenters. The number of nitro benzene ring substituents is 1. The third-order valence-corrected chi connectivity index (χ3v) is 5.50. The maximum Gasteiger partial charge on any atom is 0.271 e. The van der Waals surface area contributed by atoms with Crippen molar-refractivity contribution in [3.05, 3.63) is 57.6 Å². The van der Waals surface area contributed by atoms with Gasteiger partial charge in [0.1, 0.15) is 5.75 Å². The molecule has 3 rings (SSSR count). The molecule has 1 aliphatic heterocycles. The first-order chi connectivity index (χ1) is 14.4. The molecule has 0 aliphatic carbocycles. The van der Waals surface area contributed by atoms with Crippen LogP contribution in [0.15, 0.2) is 42.5 Å². The van der Waals surface area contributed by atoms with E-state index in [0.29, 0.717) is 19.7 Å². The largest absolute Gasteiger partial charge is 0.492 e. The summed E-state index contributed by atoms with van der Waals surface area (Å²) in [5, 5.41) is 14.0. The maximum atomic E-state index is 12.7. The molecule has 1 fully saturated rings. The molecule has 1 N–H and O–H groups in total. The van der Waals surface area contributed by atoms with Crippen molar-refractivity contribution in [2.45, 2.75) is 19.9 Å². The Bertz CT molecular complexity index is 916. The molecule has 0 aromatic heterocycles. The molecule has 1 amide bonds. The summed E-state index contributed by atoms with van der Waals surface area (Å²) in [4.78, 5) is 27.5. The fourth-order valence-electron chi connectivity index (χ4n) is 3.47. The predicted molar refractivity (Wildman–Crippen MR) is 118 cm³/mol. The first-order valence-corrected chi connectivity index (χ1v) is 10.2. The molecule has 0 bridgehead atoms. The van der Waals surface area contributed by atoms with E-state index in [1.54, 1.807) is 0 Å². The molecule has 1 saturated heterocycles. The highest BCUT2D eigenvalue weighted by atomic mass is 35.5. The highest BCUT2D eigenvalue weighted by molar-refractivity contribution is 6.33. The van der Waals surface area contributed by atoms with Crippen molar-refractivity contribution in [3.63, 3.8) is 0 Å². The minimum absolute atomic E-state index is 0.121. The first-order valence-electron chi connectivity index (χ1n) is 9.86. The highest BCUT2D eigenvalue weighted by Gasteiger charge is 2.27. The van der Waals surface area contributed by atoms with E-state index in [4.69, 9.17) is 16.3 Å². The minimum atomic E-state index is -0.519. The summed E-state index contributed by atoms with van der Waals surface area (Å²) >= 11 is 6.09. The molecule has 8 nitrogen and oxygen atoms in total. The number of benzene rings is 2. The van der Waals surface area contributed by atoms with E-state index in [-0.39, 0.29) is 22.3 Å². The van der Waals surface area contributed by atoms with Crippen molar-refractivity contribution in [3.8, 4) is 5.75 Å². The summed E-state index contributed by atoms with van der Waals surface area (Å²) in [7, 11) is 0. The number of nitro groups is 1. The lowest BCUT2D eigenvalue weighted by atomic mass is 10.2. The zero-order chi connectivity index (χ0) is 21.7. The van der Waals surface area contributed by atoms with E-state index in [1.807, 2.05) is 38.1 Å². The molecule has 30 heavy (non-hydrogen) atoms. The van der Waals surface area contributed by atoms with Crippen molar-refractivity contribution in [1.82, 2.24) is 4.90 Å². The van der Waals surface area contributed by atoms with Crippen LogP contribution < -0.4 is 15.0 Å². The van der Waals surface area contributed by atoms with Gasteiger partial charge in [0.15, 0.2) is 0 Å². The number of hydrogen-bond acceptors (Lipinski definition) is 6. The van der Waals surface area contributed by atoms with Gasteiger partial charge in [-0.1, -0.05) is 23.7 Å². The summed E-state index contributed by atoms with van der Waals surface area (Å²) in [6, 6.07) is 11.5. The van der Waals surface area contributed by atoms with E-state index >= 15 is 0 Å². The van der Waals surface area contributed by atoms with Crippen LogP contribution in [0.1, 0.15) is 13.8 Å². The number of amides is 1. The lowest BCUT2D eigenvalue weighted by Crippen LogP contribution is -2.52. The number of hydrogen-bond donors (Lipinski definition) is 1. The molecule has 1 aliphatic rings. The second kappa shape index (κ2) is 9.77. The molecule has 2 aromatic carbocycles. The number of carbonyl (C=O) groups is 1. The summed E-state index contributed by atoms with van der Waals surface area (Å²) in [5.41, 5.74) is 1.18. The van der Waals surface area contributed by atoms with Gasteiger partial charge in [0.2, 0.25) is 5.91 Å². The van der Waals surface area contributed by atoms with Gasteiger partial charge in [-0.05, 0) is 32.0 Å². The third kappa shape index (κ3) is 5.01. The van der Waals surface area contributed by atoms with Gasteiger partial charge < -0.3 is 15.0 Å². The molecule has 0 spiro atoms. The SMILES string of the molecule is CCOc1ccccc1N1CCN(C(C)C(=O)Nc2cc([N+](=O)[O-])ccc2Cl)CC1. The number of anilines is 2. The van der Waals surface area contributed by atoms with Crippen LogP contribution in [-0.4, -0.2) is 54.6 Å². The molecule has 1 atom stereocenters. The van der Waals surface area contributed by atoms with E-state index in [0.717, 1.165) is 24.5 Å². The van der Waals surface area contributed by atoms with Gasteiger partial charge in [0.25, 0.3) is 5.69 Å². The standard InChI is InChI=1S/C21H25ClN4O4/c1-3-30-20-7-5-4-6-19(20)25-12-10-24(11-13-25)15(2)21(27)23-18-14-16(26(28)29)8-9-17(18)22/h4-9,14-15H,3,10-13H2,1-2H3,(H,23,27). The Balaban J connectivity index is 1.61. The van der Waals surface area contributed by atoms with Crippen LogP contribution in [0.5, 0.6) is 5.75 Å². The van der Waals surface area contributed by atoms with Crippen LogP contribution in [0.3, 0.4) is 0 Å². The lowest BCUT2D eigenvalue weighted by Gasteiger charge is -2.39. The number of piperazine rings is 1. The van der Waals surface area contributed by atoms with Gasteiger partial charge in [-0.2, -0.15) is 0 Å². The Morgan fingerprint density at radius 1 is 1.23 bits per heavy atom. The van der Waals surface area contributed by atoms with Crippen LogP contribution in [0.4, 0.5) is 17.1 Å². The Labute approximate surface area is 180 Å². The second-order valence-corrected chi connectivity index (χ2v) is 7.42. The molecule has 160 valence electrons. The summed E-state index contributed by atoms with van der Waals surface area (Å²) in [6.07, 6.45) is 0. The molecule has 2 aromatic rings. The quantitative estimate of drug-likeness (QED) is 0.529. The van der Waals surface area contributed by atoms with Crippen molar-refractivity contribution < 1.29 is 14.5 Å². The van der Waals surface area contributed by atoms with Crippen LogP contribution in [0, 0.1) is 10.1 Å². The summed E-state index contributed by atoms with van der Waals surface area (Å²) in [6.45, 7) is 7.33. The number of rotatable bonds is 7. The minimum Gasteiger partial charge on any atom is -0.492 e. The molecule has 0 radical (unpaired) electrons. The highest BCUT2D eigenvalue weighted by Crippen LogP contribution is 2.30. The smallest absolute Gasteiger partial charge is 0.271 e. The van der Waals surface area contributed by atoms with E-state index in [2.05, 4.69) is 15.1 Å². The van der Waals surface area contributed by atoms with Crippen molar-refractivity contribution in [2.24, 2.45) is 0 Å². The first kappa shape index (κ1) is 21.9. The number of non-ortho nitro benzene ring substituents is 1. The average molecular weight is 433 g/mol. The van der Waals surface area contributed by atoms with Gasteiger partial charge in [0, 0.05) is 38.3 Å². The lowest BCUT2D eigenvalue weighted by molar-refractivity contribution is -0.384. The number of halogens is 1. The molecular weight excluding hydrogens is 408 g/mol. The zero-order valence-electron chi connectivity index (χ0n) is 17.0. The number of carbonyl (C=O) groups excluding carboxylic acids is 1. The predicted octanol–water partition coefficient (Wildman–Crippen LogP) is 3.80. The van der Waals surface area contributed by atoms with Gasteiger partial charge >= 0.3 is 0 Å². The Morgan fingerprint density at radius 2 is 1.93 bits per heavy atom. The van der Waals surface area contributed by atoms with Gasteiger partial charge in [-0.25, -0.2) is 0 Å². The molecule has 1 heterocycles. The topological polar surface area (TPSA) is 88.0 Å². The number of nitrogens with one attached hydrogen (secondary N) is 1. The van der Waals surface area contributed by atoms with Gasteiger partial charge in [-0.15, -0.1) is 0 Å². The van der Waals surface area contributed by atoms with E-state index < -0.39 is 11.0 Å². The Hall–Kier alpha value is -2.84. The van der Waals surface area contributed by atoms with Gasteiger partial charge in [-0.3, -0.25) is 19.8 Å². The summed E-state index contributed by atoms with van der Waals surface area (Å²) in [5.74, 6) is 0.611. The van der Waals surface area contributed by atoms with Crippen molar-refractivity contribution in [2.75, 3.05) is 43.0 Å². The van der Waals surface area contributed by atoms with Crippen molar-refractivity contribution >= 4 is 34.6 Å². The van der Waals surface area contributed by atoms with Crippen molar-refractivity contribution in [1.29, 1.82) is 0 Å². The van der Waals surface area contributed by atoms with Crippen LogP contribution in [-0.2, 0) is 4.79 Å². The number of ether oxygens (including phenoxy) is 1. The summed E-state index contributed by atoms with van der Waals surface area (Å²) < 4.78 is 5.73.